The van der Waals surface area contributed by atoms with E-state index in [1.165, 1.54) is 32.1 Å². The number of rotatable bonds is 6. The average molecular weight is 396 g/mol. The van der Waals surface area contributed by atoms with E-state index in [-0.39, 0.29) is 5.56 Å². The number of nitrogens with one attached hydrogen (secondary N) is 1. The molecule has 0 atom stereocenters. The van der Waals surface area contributed by atoms with Crippen LogP contribution >= 0.6 is 11.6 Å². The second-order valence-electron chi connectivity index (χ2n) is 7.82. The molecule has 0 amide bonds. The number of hydrogen-bond acceptors (Lipinski definition) is 4. The summed E-state index contributed by atoms with van der Waals surface area (Å²) in [4.78, 5) is 16.6. The molecule has 2 aliphatic carbocycles. The van der Waals surface area contributed by atoms with Crippen LogP contribution in [-0.4, -0.2) is 25.4 Å². The summed E-state index contributed by atoms with van der Waals surface area (Å²) in [5.41, 5.74) is 3.39. The number of halogens is 1. The summed E-state index contributed by atoms with van der Waals surface area (Å²) in [6.45, 7) is 0.781. The Kier molecular flexibility index (Phi) is 4.43. The first-order chi connectivity index (χ1) is 13.7. The first-order valence-corrected chi connectivity index (χ1v) is 10.2. The van der Waals surface area contributed by atoms with Crippen molar-refractivity contribution in [3.05, 3.63) is 58.4 Å². The van der Waals surface area contributed by atoms with Crippen LogP contribution in [0.3, 0.4) is 0 Å². The Bertz CT molecular complexity index is 1060. The molecule has 0 bridgehead atoms. The lowest BCUT2D eigenvalue weighted by Crippen LogP contribution is -2.26. The summed E-state index contributed by atoms with van der Waals surface area (Å²) in [6, 6.07) is 5.86. The highest BCUT2D eigenvalue weighted by Crippen LogP contribution is 2.31. The smallest absolute Gasteiger partial charge is 0.250 e. The summed E-state index contributed by atoms with van der Waals surface area (Å²) < 4.78 is 3.54. The van der Waals surface area contributed by atoms with E-state index < -0.39 is 0 Å². The van der Waals surface area contributed by atoms with E-state index >= 15 is 0 Å². The second kappa shape index (κ2) is 7.09. The number of aromatic nitrogens is 4. The molecule has 144 valence electrons. The Morgan fingerprint density at radius 3 is 2.71 bits per heavy atom. The van der Waals surface area contributed by atoms with Crippen LogP contribution in [0.4, 0.5) is 5.69 Å². The van der Waals surface area contributed by atoms with Crippen LogP contribution in [0.1, 0.15) is 32.1 Å². The topological polar surface area (TPSA) is 64.7 Å². The van der Waals surface area contributed by atoms with E-state index in [9.17, 15) is 4.79 Å². The lowest BCUT2D eigenvalue weighted by atomic mass is 9.93. The van der Waals surface area contributed by atoms with Gasteiger partial charge in [0.15, 0.2) is 0 Å². The van der Waals surface area contributed by atoms with Gasteiger partial charge in [0.1, 0.15) is 0 Å². The van der Waals surface area contributed by atoms with Gasteiger partial charge in [0, 0.05) is 36.6 Å². The lowest BCUT2D eigenvalue weighted by Gasteiger charge is -2.27. The van der Waals surface area contributed by atoms with Crippen molar-refractivity contribution in [3.63, 3.8) is 0 Å². The van der Waals surface area contributed by atoms with E-state index in [0.29, 0.717) is 22.7 Å². The third-order valence-electron chi connectivity index (χ3n) is 5.56. The number of nitrogens with zero attached hydrogens (tertiary/aromatic N) is 4. The highest BCUT2D eigenvalue weighted by molar-refractivity contribution is 6.33. The van der Waals surface area contributed by atoms with Crippen molar-refractivity contribution in [2.45, 2.75) is 44.7 Å². The quantitative estimate of drug-likeness (QED) is 0.681. The zero-order valence-electron chi connectivity index (χ0n) is 15.5. The minimum atomic E-state index is 0.0299. The molecular weight excluding hydrogens is 374 g/mol. The van der Waals surface area contributed by atoms with Gasteiger partial charge in [-0.3, -0.25) is 9.78 Å². The third kappa shape index (κ3) is 3.56. The molecule has 3 aromatic rings. The fourth-order valence-corrected chi connectivity index (χ4v) is 3.75. The van der Waals surface area contributed by atoms with Crippen LogP contribution in [0.15, 0.2) is 47.8 Å². The minimum absolute atomic E-state index is 0.0299. The molecule has 3 aromatic heterocycles. The van der Waals surface area contributed by atoms with Gasteiger partial charge in [0.05, 0.1) is 34.5 Å². The molecule has 3 heterocycles. The number of hydrogen-bond donors (Lipinski definition) is 1. The molecule has 0 aromatic carbocycles. The standard InChI is InChI=1S/C21H22ClN5O/c22-19-8-17(25-16-2-1-3-16)10-23-21(19)15-9-24-27(12-15)18-6-7-20(28)26(13-18)11-14-4-5-14/h6-10,12-14,16,25H,1-5,11H2. The van der Waals surface area contributed by atoms with Crippen molar-refractivity contribution in [3.8, 4) is 16.9 Å². The van der Waals surface area contributed by atoms with E-state index in [1.807, 2.05) is 24.7 Å². The zero-order valence-corrected chi connectivity index (χ0v) is 16.3. The molecule has 2 saturated carbocycles. The Hall–Kier alpha value is -2.60. The molecule has 0 aliphatic heterocycles. The van der Waals surface area contributed by atoms with E-state index in [4.69, 9.17) is 11.6 Å². The van der Waals surface area contributed by atoms with Crippen molar-refractivity contribution < 1.29 is 0 Å². The highest BCUT2D eigenvalue weighted by atomic mass is 35.5. The average Bonchev–Trinajstić information content (AvgIpc) is 3.33. The molecule has 0 spiro atoms. The summed E-state index contributed by atoms with van der Waals surface area (Å²) in [5.74, 6) is 0.635. The van der Waals surface area contributed by atoms with Crippen LogP contribution in [0.2, 0.25) is 5.02 Å². The molecule has 7 heteroatoms. The summed E-state index contributed by atoms with van der Waals surface area (Å²) in [7, 11) is 0. The highest BCUT2D eigenvalue weighted by Gasteiger charge is 2.22. The predicted octanol–water partition coefficient (Wildman–Crippen LogP) is 4.12. The minimum Gasteiger partial charge on any atom is -0.381 e. The Morgan fingerprint density at radius 2 is 2.00 bits per heavy atom. The molecule has 2 fully saturated rings. The van der Waals surface area contributed by atoms with Gasteiger partial charge in [0.2, 0.25) is 0 Å². The molecule has 1 N–H and O–H groups in total. The maximum atomic E-state index is 12.1. The van der Waals surface area contributed by atoms with Crippen LogP contribution in [0, 0.1) is 5.92 Å². The Labute approximate surface area is 168 Å². The molecule has 28 heavy (non-hydrogen) atoms. The van der Waals surface area contributed by atoms with Crippen molar-refractivity contribution in [2.24, 2.45) is 5.92 Å². The molecule has 0 unspecified atom stereocenters. The normalized spacial score (nSPS) is 16.8. The maximum absolute atomic E-state index is 12.1. The largest absolute Gasteiger partial charge is 0.381 e. The first-order valence-electron chi connectivity index (χ1n) is 9.84. The van der Waals surface area contributed by atoms with E-state index in [0.717, 1.165) is 23.5 Å². The Balaban J connectivity index is 1.39. The monoisotopic (exact) mass is 395 g/mol. The third-order valence-corrected chi connectivity index (χ3v) is 5.85. The van der Waals surface area contributed by atoms with Crippen LogP contribution in [0.5, 0.6) is 0 Å². The molecule has 0 radical (unpaired) electrons. The molecule has 0 saturated heterocycles. The first kappa shape index (κ1) is 17.5. The van der Waals surface area contributed by atoms with Gasteiger partial charge in [-0.2, -0.15) is 5.10 Å². The molecule has 5 rings (SSSR count). The van der Waals surface area contributed by atoms with Crippen LogP contribution in [-0.2, 0) is 6.54 Å². The van der Waals surface area contributed by atoms with Gasteiger partial charge in [0.25, 0.3) is 5.56 Å². The SMILES string of the molecule is O=c1ccc(-n2cc(-c3ncc(NC4CCC4)cc3Cl)cn2)cn1CC1CC1. The number of anilines is 1. The van der Waals surface area contributed by atoms with Crippen molar-refractivity contribution in [1.29, 1.82) is 0 Å². The van der Waals surface area contributed by atoms with Gasteiger partial charge in [-0.15, -0.1) is 0 Å². The van der Waals surface area contributed by atoms with Crippen molar-refractivity contribution in [2.75, 3.05) is 5.32 Å². The van der Waals surface area contributed by atoms with Gasteiger partial charge in [-0.05, 0) is 50.2 Å². The summed E-state index contributed by atoms with van der Waals surface area (Å²) in [6.07, 6.45) is 13.5. The molecular formula is C21H22ClN5O. The van der Waals surface area contributed by atoms with E-state index in [2.05, 4.69) is 15.4 Å². The molecule has 6 nitrogen and oxygen atoms in total. The number of pyridine rings is 2. The van der Waals surface area contributed by atoms with Gasteiger partial charge >= 0.3 is 0 Å². The lowest BCUT2D eigenvalue weighted by molar-refractivity contribution is 0.445. The van der Waals surface area contributed by atoms with Crippen LogP contribution in [0.25, 0.3) is 16.9 Å². The van der Waals surface area contributed by atoms with E-state index in [1.54, 1.807) is 27.6 Å². The Morgan fingerprint density at radius 1 is 1.14 bits per heavy atom. The van der Waals surface area contributed by atoms with Crippen molar-refractivity contribution in [1.82, 2.24) is 19.3 Å². The zero-order chi connectivity index (χ0) is 19.1. The predicted molar refractivity (Wildman–Crippen MR) is 110 cm³/mol. The van der Waals surface area contributed by atoms with Gasteiger partial charge in [-0.25, -0.2) is 4.68 Å². The fourth-order valence-electron chi connectivity index (χ4n) is 3.48. The van der Waals surface area contributed by atoms with Gasteiger partial charge < -0.3 is 9.88 Å². The fraction of sp³-hybridized carbons (Fsp3) is 0.381. The van der Waals surface area contributed by atoms with Gasteiger partial charge in [-0.1, -0.05) is 11.6 Å². The molecule has 2 aliphatic rings. The summed E-state index contributed by atoms with van der Waals surface area (Å²) >= 11 is 6.49. The maximum Gasteiger partial charge on any atom is 0.250 e. The van der Waals surface area contributed by atoms with Crippen LogP contribution < -0.4 is 10.9 Å². The summed E-state index contributed by atoms with van der Waals surface area (Å²) in [5, 5.41) is 8.51. The van der Waals surface area contributed by atoms with Crippen molar-refractivity contribution >= 4 is 17.3 Å². The second-order valence-corrected chi connectivity index (χ2v) is 8.23.